The van der Waals surface area contributed by atoms with Crippen molar-refractivity contribution in [2.24, 2.45) is 5.92 Å². The van der Waals surface area contributed by atoms with E-state index in [0.29, 0.717) is 18.3 Å². The second kappa shape index (κ2) is 6.10. The van der Waals surface area contributed by atoms with Crippen molar-refractivity contribution < 1.29 is 9.84 Å². The van der Waals surface area contributed by atoms with Crippen LogP contribution in [0.5, 0.6) is 11.5 Å². The summed E-state index contributed by atoms with van der Waals surface area (Å²) in [6, 6.07) is 6.14. The van der Waals surface area contributed by atoms with Crippen LogP contribution in [-0.2, 0) is 6.54 Å². The Labute approximate surface area is 109 Å². The van der Waals surface area contributed by atoms with Gasteiger partial charge in [0.05, 0.1) is 7.11 Å². The smallest absolute Gasteiger partial charge is 0.162 e. The summed E-state index contributed by atoms with van der Waals surface area (Å²) in [6.45, 7) is 2.94. The Morgan fingerprint density at radius 1 is 1.39 bits per heavy atom. The van der Waals surface area contributed by atoms with Gasteiger partial charge in [-0.3, -0.25) is 0 Å². The first kappa shape index (κ1) is 13.2. The predicted octanol–water partition coefficient (Wildman–Crippen LogP) is 3.07. The molecule has 1 aliphatic carbocycles. The Hall–Kier alpha value is -1.22. The molecule has 0 unspecified atom stereocenters. The first-order chi connectivity index (χ1) is 8.72. The molecule has 2 rings (SSSR count). The van der Waals surface area contributed by atoms with Gasteiger partial charge in [0.25, 0.3) is 0 Å². The minimum Gasteiger partial charge on any atom is -0.504 e. The number of para-hydroxylation sites is 1. The van der Waals surface area contributed by atoms with Crippen molar-refractivity contribution in [3.05, 3.63) is 23.8 Å². The zero-order valence-corrected chi connectivity index (χ0v) is 11.3. The number of hydrogen-bond donors (Lipinski definition) is 2. The van der Waals surface area contributed by atoms with Crippen LogP contribution in [0.2, 0.25) is 0 Å². The van der Waals surface area contributed by atoms with Gasteiger partial charge in [-0.15, -0.1) is 0 Å². The Balaban J connectivity index is 1.93. The molecule has 100 valence electrons. The van der Waals surface area contributed by atoms with Crippen LogP contribution in [0.15, 0.2) is 18.2 Å². The molecule has 0 radical (unpaired) electrons. The van der Waals surface area contributed by atoms with Gasteiger partial charge in [-0.05, 0) is 31.7 Å². The molecule has 1 fully saturated rings. The van der Waals surface area contributed by atoms with E-state index in [0.717, 1.165) is 11.5 Å². The standard InChI is InChI=1S/C15H23NO2/c1-11(12-6-3-4-7-12)16-10-13-8-5-9-14(18-2)15(13)17/h5,8-9,11-12,16-17H,3-4,6-7,10H2,1-2H3/t11-/m1/s1. The van der Waals surface area contributed by atoms with Crippen molar-refractivity contribution in [1.82, 2.24) is 5.32 Å². The largest absolute Gasteiger partial charge is 0.504 e. The molecule has 3 nitrogen and oxygen atoms in total. The quantitative estimate of drug-likeness (QED) is 0.842. The number of methoxy groups -OCH3 is 1. The Morgan fingerprint density at radius 2 is 2.11 bits per heavy atom. The molecule has 0 amide bonds. The van der Waals surface area contributed by atoms with Gasteiger partial charge in [0.1, 0.15) is 0 Å². The molecule has 0 aliphatic heterocycles. The number of phenolic OH excluding ortho intramolecular Hbond substituents is 1. The fourth-order valence-corrected chi connectivity index (χ4v) is 2.77. The summed E-state index contributed by atoms with van der Waals surface area (Å²) in [4.78, 5) is 0. The van der Waals surface area contributed by atoms with Crippen LogP contribution in [0.4, 0.5) is 0 Å². The van der Waals surface area contributed by atoms with Crippen LogP contribution >= 0.6 is 0 Å². The van der Waals surface area contributed by atoms with Gasteiger partial charge in [0, 0.05) is 18.2 Å². The van der Waals surface area contributed by atoms with Gasteiger partial charge < -0.3 is 15.2 Å². The Morgan fingerprint density at radius 3 is 2.78 bits per heavy atom. The zero-order chi connectivity index (χ0) is 13.0. The third-order valence-electron chi connectivity index (χ3n) is 4.02. The van der Waals surface area contributed by atoms with Crippen LogP contribution in [0.1, 0.15) is 38.2 Å². The summed E-state index contributed by atoms with van der Waals surface area (Å²) in [5.41, 5.74) is 0.902. The zero-order valence-electron chi connectivity index (χ0n) is 11.3. The molecule has 0 spiro atoms. The molecule has 3 heteroatoms. The first-order valence-electron chi connectivity index (χ1n) is 6.80. The second-order valence-electron chi connectivity index (χ2n) is 5.18. The van der Waals surface area contributed by atoms with E-state index in [9.17, 15) is 5.11 Å². The lowest BCUT2D eigenvalue weighted by atomic mass is 9.99. The third kappa shape index (κ3) is 2.96. The lowest BCUT2D eigenvalue weighted by Gasteiger charge is -2.21. The number of hydrogen-bond acceptors (Lipinski definition) is 3. The monoisotopic (exact) mass is 249 g/mol. The highest BCUT2D eigenvalue weighted by atomic mass is 16.5. The predicted molar refractivity (Wildman–Crippen MR) is 72.9 cm³/mol. The lowest BCUT2D eigenvalue weighted by molar-refractivity contribution is 0.359. The molecule has 1 atom stereocenters. The van der Waals surface area contributed by atoms with Crippen LogP contribution in [0.3, 0.4) is 0 Å². The molecular weight excluding hydrogens is 226 g/mol. The minimum atomic E-state index is 0.256. The number of benzene rings is 1. The summed E-state index contributed by atoms with van der Waals surface area (Å²) in [6.07, 6.45) is 5.39. The normalized spacial score (nSPS) is 17.9. The van der Waals surface area contributed by atoms with E-state index in [1.807, 2.05) is 12.1 Å². The maximum Gasteiger partial charge on any atom is 0.162 e. The van der Waals surface area contributed by atoms with Gasteiger partial charge in [0.2, 0.25) is 0 Å². The average molecular weight is 249 g/mol. The van der Waals surface area contributed by atoms with Gasteiger partial charge >= 0.3 is 0 Å². The van der Waals surface area contributed by atoms with Crippen molar-refractivity contribution in [2.45, 2.75) is 45.2 Å². The molecule has 0 heterocycles. The summed E-state index contributed by atoms with van der Waals surface area (Å²) < 4.78 is 5.11. The Bertz CT molecular complexity index is 386. The molecular formula is C15H23NO2. The molecule has 1 saturated carbocycles. The number of ether oxygens (including phenoxy) is 1. The molecule has 0 bridgehead atoms. The van der Waals surface area contributed by atoms with E-state index in [2.05, 4.69) is 12.2 Å². The van der Waals surface area contributed by atoms with Crippen LogP contribution < -0.4 is 10.1 Å². The molecule has 1 aromatic carbocycles. The highest BCUT2D eigenvalue weighted by molar-refractivity contribution is 5.45. The Kier molecular flexibility index (Phi) is 4.48. The van der Waals surface area contributed by atoms with Gasteiger partial charge in [-0.1, -0.05) is 25.0 Å². The SMILES string of the molecule is COc1cccc(CN[C@H](C)C2CCCC2)c1O. The van der Waals surface area contributed by atoms with Gasteiger partial charge in [-0.2, -0.15) is 0 Å². The van der Waals surface area contributed by atoms with E-state index < -0.39 is 0 Å². The molecule has 18 heavy (non-hydrogen) atoms. The maximum atomic E-state index is 10.0. The number of phenols is 1. The van der Waals surface area contributed by atoms with E-state index in [4.69, 9.17) is 4.74 Å². The molecule has 2 N–H and O–H groups in total. The second-order valence-corrected chi connectivity index (χ2v) is 5.18. The molecule has 0 saturated heterocycles. The van der Waals surface area contributed by atoms with Gasteiger partial charge in [-0.25, -0.2) is 0 Å². The van der Waals surface area contributed by atoms with Crippen molar-refractivity contribution in [2.75, 3.05) is 7.11 Å². The third-order valence-corrected chi connectivity index (χ3v) is 4.02. The average Bonchev–Trinajstić information content (AvgIpc) is 2.91. The summed E-state index contributed by atoms with van der Waals surface area (Å²) in [5.74, 6) is 1.59. The highest BCUT2D eigenvalue weighted by Crippen LogP contribution is 2.30. The summed E-state index contributed by atoms with van der Waals surface area (Å²) in [7, 11) is 1.58. The summed E-state index contributed by atoms with van der Waals surface area (Å²) in [5, 5.41) is 13.5. The van der Waals surface area contributed by atoms with E-state index >= 15 is 0 Å². The minimum absolute atomic E-state index is 0.256. The van der Waals surface area contributed by atoms with Crippen molar-refractivity contribution >= 4 is 0 Å². The van der Waals surface area contributed by atoms with Crippen molar-refractivity contribution in [1.29, 1.82) is 0 Å². The van der Waals surface area contributed by atoms with Crippen molar-refractivity contribution in [3.8, 4) is 11.5 Å². The number of nitrogens with one attached hydrogen (secondary N) is 1. The van der Waals surface area contributed by atoms with E-state index in [1.165, 1.54) is 25.7 Å². The van der Waals surface area contributed by atoms with Crippen LogP contribution in [0.25, 0.3) is 0 Å². The van der Waals surface area contributed by atoms with E-state index in [-0.39, 0.29) is 5.75 Å². The topological polar surface area (TPSA) is 41.5 Å². The maximum absolute atomic E-state index is 10.0. The van der Waals surface area contributed by atoms with Crippen LogP contribution in [-0.4, -0.2) is 18.3 Å². The molecule has 1 aliphatic rings. The van der Waals surface area contributed by atoms with Gasteiger partial charge in [0.15, 0.2) is 11.5 Å². The number of rotatable bonds is 5. The van der Waals surface area contributed by atoms with Crippen LogP contribution in [0, 0.1) is 5.92 Å². The summed E-state index contributed by atoms with van der Waals surface area (Å²) >= 11 is 0. The van der Waals surface area contributed by atoms with E-state index in [1.54, 1.807) is 13.2 Å². The fourth-order valence-electron chi connectivity index (χ4n) is 2.77. The highest BCUT2D eigenvalue weighted by Gasteiger charge is 2.21. The molecule has 1 aromatic rings. The first-order valence-corrected chi connectivity index (χ1v) is 6.80. The lowest BCUT2D eigenvalue weighted by Crippen LogP contribution is -2.31. The fraction of sp³-hybridized carbons (Fsp3) is 0.600. The molecule has 0 aromatic heterocycles. The van der Waals surface area contributed by atoms with Crippen molar-refractivity contribution in [3.63, 3.8) is 0 Å². The number of aromatic hydroxyl groups is 1.